The lowest BCUT2D eigenvalue weighted by Crippen LogP contribution is -2.39. The zero-order valence-corrected chi connectivity index (χ0v) is 15.4. The van der Waals surface area contributed by atoms with E-state index in [-0.39, 0.29) is 12.0 Å². The average molecular weight is 333 g/mol. The molecular formula is C19H31N3O2. The van der Waals surface area contributed by atoms with Gasteiger partial charge in [0.15, 0.2) is 0 Å². The van der Waals surface area contributed by atoms with E-state index in [0.717, 1.165) is 37.1 Å². The highest BCUT2D eigenvalue weighted by atomic mass is 16.3. The predicted octanol–water partition coefficient (Wildman–Crippen LogP) is 1.80. The van der Waals surface area contributed by atoms with E-state index in [1.54, 1.807) is 4.90 Å². The van der Waals surface area contributed by atoms with E-state index in [0.29, 0.717) is 19.0 Å². The van der Waals surface area contributed by atoms with Crippen molar-refractivity contribution in [2.24, 2.45) is 5.92 Å². The maximum absolute atomic E-state index is 12.4. The first-order valence-corrected chi connectivity index (χ1v) is 8.73. The average Bonchev–Trinajstić information content (AvgIpc) is 2.92. The largest absolute Gasteiger partial charge is 0.393 e. The van der Waals surface area contributed by atoms with Gasteiger partial charge in [0.1, 0.15) is 0 Å². The van der Waals surface area contributed by atoms with Crippen molar-refractivity contribution < 1.29 is 9.90 Å². The Morgan fingerprint density at radius 2 is 1.79 bits per heavy atom. The van der Waals surface area contributed by atoms with Crippen LogP contribution in [0.15, 0.2) is 24.3 Å². The van der Waals surface area contributed by atoms with Gasteiger partial charge in [-0.1, -0.05) is 18.6 Å². The van der Waals surface area contributed by atoms with Crippen LogP contribution < -0.4 is 4.90 Å². The molecule has 2 rings (SSSR count). The van der Waals surface area contributed by atoms with Gasteiger partial charge in [-0.15, -0.1) is 0 Å². The molecule has 1 N–H and O–H groups in total. The molecule has 0 aromatic heterocycles. The molecule has 0 saturated heterocycles. The van der Waals surface area contributed by atoms with Crippen molar-refractivity contribution in [2.45, 2.75) is 31.9 Å². The van der Waals surface area contributed by atoms with Gasteiger partial charge in [0.2, 0.25) is 5.91 Å². The van der Waals surface area contributed by atoms with Gasteiger partial charge in [0.05, 0.1) is 12.6 Å². The summed E-state index contributed by atoms with van der Waals surface area (Å²) in [5.41, 5.74) is 2.29. The van der Waals surface area contributed by atoms with Crippen LogP contribution in [0.25, 0.3) is 0 Å². The van der Waals surface area contributed by atoms with Gasteiger partial charge in [-0.25, -0.2) is 0 Å². The first-order valence-electron chi connectivity index (χ1n) is 8.73. The second-order valence-corrected chi connectivity index (χ2v) is 7.27. The first-order chi connectivity index (χ1) is 11.4. The summed E-state index contributed by atoms with van der Waals surface area (Å²) < 4.78 is 0. The lowest BCUT2D eigenvalue weighted by atomic mass is 10.1. The molecule has 24 heavy (non-hydrogen) atoms. The third-order valence-electron chi connectivity index (χ3n) is 4.87. The molecule has 0 spiro atoms. The second kappa shape index (κ2) is 8.49. The normalized spacial score (nSPS) is 20.4. The van der Waals surface area contributed by atoms with E-state index in [1.165, 1.54) is 0 Å². The Balaban J connectivity index is 1.80. The zero-order valence-electron chi connectivity index (χ0n) is 15.4. The highest BCUT2D eigenvalue weighted by Gasteiger charge is 2.26. The number of likely N-dealkylation sites (N-methyl/N-ethyl adjacent to an activating group) is 2. The molecule has 1 saturated carbocycles. The van der Waals surface area contributed by atoms with Crippen molar-refractivity contribution in [3.63, 3.8) is 0 Å². The fourth-order valence-electron chi connectivity index (χ4n) is 3.31. The Labute approximate surface area is 145 Å². The number of benzene rings is 1. The minimum absolute atomic E-state index is 0.113. The van der Waals surface area contributed by atoms with Crippen LogP contribution in [0, 0.1) is 5.92 Å². The third kappa shape index (κ3) is 5.21. The maximum atomic E-state index is 12.4. The molecule has 1 aromatic carbocycles. The predicted molar refractivity (Wildman–Crippen MR) is 98.1 cm³/mol. The molecule has 1 aliphatic rings. The van der Waals surface area contributed by atoms with Crippen LogP contribution in [-0.2, 0) is 11.3 Å². The smallest absolute Gasteiger partial charge is 0.236 e. The van der Waals surface area contributed by atoms with E-state index in [2.05, 4.69) is 29.2 Å². The van der Waals surface area contributed by atoms with Crippen LogP contribution >= 0.6 is 0 Å². The first kappa shape index (κ1) is 18.7. The SMILES string of the molecule is CN(CC(=O)N(C)Cc1ccc(N(C)C)cc1)CC1CCCC1O. The summed E-state index contributed by atoms with van der Waals surface area (Å²) in [6.07, 6.45) is 2.86. The molecule has 0 heterocycles. The van der Waals surface area contributed by atoms with E-state index in [1.807, 2.05) is 33.1 Å². The minimum atomic E-state index is -0.199. The summed E-state index contributed by atoms with van der Waals surface area (Å²) in [4.78, 5) is 18.3. The molecule has 0 radical (unpaired) electrons. The molecular weight excluding hydrogens is 302 g/mol. The molecule has 0 bridgehead atoms. The number of aliphatic hydroxyl groups excluding tert-OH is 1. The number of nitrogens with zero attached hydrogens (tertiary/aromatic N) is 3. The number of hydrogen-bond donors (Lipinski definition) is 1. The van der Waals surface area contributed by atoms with Gasteiger partial charge in [0.25, 0.3) is 0 Å². The Morgan fingerprint density at radius 3 is 2.33 bits per heavy atom. The van der Waals surface area contributed by atoms with Gasteiger partial charge in [-0.3, -0.25) is 9.69 Å². The number of carbonyl (C=O) groups is 1. The standard InChI is InChI=1S/C19H31N3O2/c1-20(2)17-10-8-15(9-11-17)12-22(4)19(24)14-21(3)13-16-6-5-7-18(16)23/h8-11,16,18,23H,5-7,12-14H2,1-4H3. The lowest BCUT2D eigenvalue weighted by Gasteiger charge is -2.25. The van der Waals surface area contributed by atoms with Crippen LogP contribution in [0.1, 0.15) is 24.8 Å². The summed E-state index contributed by atoms with van der Waals surface area (Å²) in [5.74, 6) is 0.424. The lowest BCUT2D eigenvalue weighted by molar-refractivity contribution is -0.131. The molecule has 2 unspecified atom stereocenters. The van der Waals surface area contributed by atoms with Crippen LogP contribution in [-0.4, -0.2) is 68.2 Å². The summed E-state index contributed by atoms with van der Waals surface area (Å²) in [6, 6.07) is 8.28. The topological polar surface area (TPSA) is 47.0 Å². The molecule has 2 atom stereocenters. The fourth-order valence-corrected chi connectivity index (χ4v) is 3.31. The van der Waals surface area contributed by atoms with Crippen molar-refractivity contribution >= 4 is 11.6 Å². The van der Waals surface area contributed by atoms with Gasteiger partial charge in [-0.2, -0.15) is 0 Å². The highest BCUT2D eigenvalue weighted by Crippen LogP contribution is 2.25. The Morgan fingerprint density at radius 1 is 1.12 bits per heavy atom. The molecule has 1 fully saturated rings. The maximum Gasteiger partial charge on any atom is 0.236 e. The molecule has 5 heteroatoms. The molecule has 1 amide bonds. The minimum Gasteiger partial charge on any atom is -0.393 e. The molecule has 1 aliphatic carbocycles. The number of carbonyl (C=O) groups excluding carboxylic acids is 1. The van der Waals surface area contributed by atoms with Crippen LogP contribution in [0.2, 0.25) is 0 Å². The van der Waals surface area contributed by atoms with Crippen molar-refractivity contribution in [3.8, 4) is 0 Å². The molecule has 134 valence electrons. The Kier molecular flexibility index (Phi) is 6.63. The van der Waals surface area contributed by atoms with Gasteiger partial charge < -0.3 is 14.9 Å². The summed E-state index contributed by atoms with van der Waals surface area (Å²) in [7, 11) is 7.84. The van der Waals surface area contributed by atoms with Gasteiger partial charge in [0, 0.05) is 39.9 Å². The van der Waals surface area contributed by atoms with Crippen molar-refractivity contribution in [2.75, 3.05) is 46.2 Å². The number of aliphatic hydroxyl groups is 1. The monoisotopic (exact) mass is 333 g/mol. The van der Waals surface area contributed by atoms with E-state index >= 15 is 0 Å². The van der Waals surface area contributed by atoms with Crippen LogP contribution in [0.3, 0.4) is 0 Å². The molecule has 0 aliphatic heterocycles. The summed E-state index contributed by atoms with van der Waals surface area (Å²) in [6.45, 7) is 1.81. The third-order valence-corrected chi connectivity index (χ3v) is 4.87. The fraction of sp³-hybridized carbons (Fsp3) is 0.632. The quantitative estimate of drug-likeness (QED) is 0.827. The number of hydrogen-bond acceptors (Lipinski definition) is 4. The Hall–Kier alpha value is -1.59. The van der Waals surface area contributed by atoms with E-state index in [4.69, 9.17) is 0 Å². The van der Waals surface area contributed by atoms with Crippen molar-refractivity contribution in [1.82, 2.24) is 9.80 Å². The Bertz CT molecular complexity index is 530. The second-order valence-electron chi connectivity index (χ2n) is 7.27. The van der Waals surface area contributed by atoms with Crippen molar-refractivity contribution in [3.05, 3.63) is 29.8 Å². The highest BCUT2D eigenvalue weighted by molar-refractivity contribution is 5.78. The summed E-state index contributed by atoms with van der Waals surface area (Å²) in [5, 5.41) is 9.91. The van der Waals surface area contributed by atoms with E-state index in [9.17, 15) is 9.90 Å². The molecule has 1 aromatic rings. The zero-order chi connectivity index (χ0) is 17.7. The van der Waals surface area contributed by atoms with Crippen molar-refractivity contribution in [1.29, 1.82) is 0 Å². The number of anilines is 1. The van der Waals surface area contributed by atoms with Crippen LogP contribution in [0.5, 0.6) is 0 Å². The van der Waals surface area contributed by atoms with Gasteiger partial charge in [-0.05, 0) is 43.5 Å². The summed E-state index contributed by atoms with van der Waals surface area (Å²) >= 11 is 0. The van der Waals surface area contributed by atoms with Gasteiger partial charge >= 0.3 is 0 Å². The number of rotatable bonds is 7. The van der Waals surface area contributed by atoms with E-state index < -0.39 is 0 Å². The number of amides is 1. The van der Waals surface area contributed by atoms with Crippen LogP contribution in [0.4, 0.5) is 5.69 Å². The molecule has 5 nitrogen and oxygen atoms in total.